The lowest BCUT2D eigenvalue weighted by Gasteiger charge is -2.15. The maximum Gasteiger partial charge on any atom is 0.223 e. The smallest absolute Gasteiger partial charge is 0.223 e. The number of hydrogen-bond donors (Lipinski definition) is 2. The third-order valence-electron chi connectivity index (χ3n) is 1.97. The number of thioether (sulfide) groups is 1. The minimum absolute atomic E-state index is 0.00115. The van der Waals surface area contributed by atoms with Gasteiger partial charge < -0.3 is 15.1 Å². The van der Waals surface area contributed by atoms with Crippen molar-refractivity contribution in [1.82, 2.24) is 4.90 Å². The maximum atomic E-state index is 11.5. The number of carbonyl (C=O) groups excluding carboxylic acids is 1. The van der Waals surface area contributed by atoms with Crippen molar-refractivity contribution >= 4 is 17.7 Å². The molecule has 0 aliphatic heterocycles. The summed E-state index contributed by atoms with van der Waals surface area (Å²) < 4.78 is 0. The molecule has 1 amide bonds. The van der Waals surface area contributed by atoms with Crippen LogP contribution >= 0.6 is 11.8 Å². The van der Waals surface area contributed by atoms with E-state index in [1.165, 1.54) is 16.7 Å². The van der Waals surface area contributed by atoms with Crippen LogP contribution in [0.3, 0.4) is 0 Å². The van der Waals surface area contributed by atoms with Crippen molar-refractivity contribution < 1.29 is 15.0 Å². The van der Waals surface area contributed by atoms with Crippen LogP contribution in [0.5, 0.6) is 0 Å². The summed E-state index contributed by atoms with van der Waals surface area (Å²) in [5, 5.41) is 26.0. The van der Waals surface area contributed by atoms with Gasteiger partial charge in [0, 0.05) is 31.5 Å². The average Bonchev–Trinajstić information content (AvgIpc) is 2.30. The van der Waals surface area contributed by atoms with Crippen LogP contribution in [-0.2, 0) is 4.79 Å². The second-order valence-electron chi connectivity index (χ2n) is 3.38. The number of carbonyl (C=O) groups is 1. The van der Waals surface area contributed by atoms with Gasteiger partial charge >= 0.3 is 0 Å². The number of hydrogen-bond acceptors (Lipinski definition) is 5. The van der Waals surface area contributed by atoms with Gasteiger partial charge in [-0.2, -0.15) is 17.0 Å². The van der Waals surface area contributed by atoms with Gasteiger partial charge in [0.15, 0.2) is 0 Å². The zero-order valence-corrected chi connectivity index (χ0v) is 10.2. The SMILES string of the molecule is CN(CCC#N)C(=O)CCSCC(O)CO. The number of amides is 1. The summed E-state index contributed by atoms with van der Waals surface area (Å²) in [5.74, 6) is 1.06. The summed E-state index contributed by atoms with van der Waals surface area (Å²) in [6.45, 7) is 0.211. The Labute approximate surface area is 100 Å². The largest absolute Gasteiger partial charge is 0.394 e. The molecule has 2 N–H and O–H groups in total. The minimum Gasteiger partial charge on any atom is -0.394 e. The van der Waals surface area contributed by atoms with Gasteiger partial charge in [-0.15, -0.1) is 0 Å². The monoisotopic (exact) mass is 246 g/mol. The molecular weight excluding hydrogens is 228 g/mol. The van der Waals surface area contributed by atoms with Crippen molar-refractivity contribution in [2.75, 3.05) is 31.7 Å². The van der Waals surface area contributed by atoms with Gasteiger partial charge in [0.05, 0.1) is 25.2 Å². The summed E-state index contributed by atoms with van der Waals surface area (Å²) in [5.41, 5.74) is 0. The van der Waals surface area contributed by atoms with Gasteiger partial charge in [-0.3, -0.25) is 4.79 Å². The van der Waals surface area contributed by atoms with Crippen molar-refractivity contribution in [2.45, 2.75) is 18.9 Å². The van der Waals surface area contributed by atoms with Crippen LogP contribution < -0.4 is 0 Å². The van der Waals surface area contributed by atoms with Crippen LogP contribution in [0.15, 0.2) is 0 Å². The first-order chi connectivity index (χ1) is 7.61. The molecule has 0 spiro atoms. The Bertz CT molecular complexity index is 243. The molecule has 0 bridgehead atoms. The van der Waals surface area contributed by atoms with E-state index in [1.54, 1.807) is 7.05 Å². The minimum atomic E-state index is -0.712. The van der Waals surface area contributed by atoms with E-state index in [-0.39, 0.29) is 12.5 Å². The Morgan fingerprint density at radius 1 is 1.62 bits per heavy atom. The molecule has 0 aromatic carbocycles. The standard InChI is InChI=1S/C10H18N2O3S/c1-12(5-2-4-11)10(15)3-6-16-8-9(14)7-13/h9,13-14H,2-3,5-8H2,1H3. The molecule has 1 unspecified atom stereocenters. The van der Waals surface area contributed by atoms with E-state index in [0.29, 0.717) is 30.9 Å². The van der Waals surface area contributed by atoms with Crippen LogP contribution in [0, 0.1) is 11.3 Å². The van der Waals surface area contributed by atoms with Crippen molar-refractivity contribution in [3.05, 3.63) is 0 Å². The Kier molecular flexibility index (Phi) is 9.00. The van der Waals surface area contributed by atoms with E-state index in [9.17, 15) is 4.79 Å². The van der Waals surface area contributed by atoms with Gasteiger partial charge in [0.1, 0.15) is 0 Å². The van der Waals surface area contributed by atoms with E-state index in [4.69, 9.17) is 15.5 Å². The van der Waals surface area contributed by atoms with Gasteiger partial charge in [-0.05, 0) is 0 Å². The molecular formula is C10H18N2O3S. The molecule has 0 saturated carbocycles. The summed E-state index contributed by atoms with van der Waals surface area (Å²) >= 11 is 1.43. The molecule has 0 fully saturated rings. The molecule has 5 nitrogen and oxygen atoms in total. The lowest BCUT2D eigenvalue weighted by Crippen LogP contribution is -2.27. The third kappa shape index (κ3) is 7.51. The number of nitrogens with zero attached hydrogens (tertiary/aromatic N) is 2. The fourth-order valence-corrected chi connectivity index (χ4v) is 1.83. The Hall–Kier alpha value is -0.770. The fourth-order valence-electron chi connectivity index (χ4n) is 0.965. The van der Waals surface area contributed by atoms with Gasteiger partial charge in [0.25, 0.3) is 0 Å². The van der Waals surface area contributed by atoms with Crippen LogP contribution in [0.25, 0.3) is 0 Å². The van der Waals surface area contributed by atoms with Crippen LogP contribution in [0.1, 0.15) is 12.8 Å². The van der Waals surface area contributed by atoms with E-state index in [1.807, 2.05) is 6.07 Å². The zero-order valence-electron chi connectivity index (χ0n) is 9.43. The van der Waals surface area contributed by atoms with Gasteiger partial charge in [-0.1, -0.05) is 0 Å². The summed E-state index contributed by atoms with van der Waals surface area (Å²) in [4.78, 5) is 13.0. The maximum absolute atomic E-state index is 11.5. The van der Waals surface area contributed by atoms with Crippen molar-refractivity contribution in [3.8, 4) is 6.07 Å². The van der Waals surface area contributed by atoms with Gasteiger partial charge in [0.2, 0.25) is 5.91 Å². The van der Waals surface area contributed by atoms with Crippen molar-refractivity contribution in [1.29, 1.82) is 5.26 Å². The Balaban J connectivity index is 3.54. The highest BCUT2D eigenvalue weighted by molar-refractivity contribution is 7.99. The topological polar surface area (TPSA) is 84.6 Å². The first-order valence-corrected chi connectivity index (χ1v) is 6.24. The summed E-state index contributed by atoms with van der Waals surface area (Å²) in [6.07, 6.45) is 0.0278. The van der Waals surface area contributed by atoms with E-state index in [0.717, 1.165) is 0 Å². The zero-order chi connectivity index (χ0) is 12.4. The molecule has 6 heteroatoms. The van der Waals surface area contributed by atoms with Crippen LogP contribution in [0.4, 0.5) is 0 Å². The van der Waals surface area contributed by atoms with E-state index < -0.39 is 6.10 Å². The molecule has 0 saturated heterocycles. The van der Waals surface area contributed by atoms with Crippen LogP contribution in [0.2, 0.25) is 0 Å². The third-order valence-corrected chi connectivity index (χ3v) is 3.08. The summed E-state index contributed by atoms with van der Waals surface area (Å²) in [6, 6.07) is 1.98. The Morgan fingerprint density at radius 3 is 2.88 bits per heavy atom. The molecule has 0 aromatic rings. The predicted octanol–water partition coefficient (Wildman–Crippen LogP) is -0.165. The average molecular weight is 246 g/mol. The molecule has 0 rings (SSSR count). The fraction of sp³-hybridized carbons (Fsp3) is 0.800. The molecule has 92 valence electrons. The quantitative estimate of drug-likeness (QED) is 0.581. The highest BCUT2D eigenvalue weighted by atomic mass is 32.2. The first-order valence-electron chi connectivity index (χ1n) is 5.09. The van der Waals surface area contributed by atoms with E-state index in [2.05, 4.69) is 0 Å². The predicted molar refractivity (Wildman–Crippen MR) is 62.9 cm³/mol. The lowest BCUT2D eigenvalue weighted by atomic mass is 10.3. The second-order valence-corrected chi connectivity index (χ2v) is 4.53. The normalized spacial score (nSPS) is 11.9. The van der Waals surface area contributed by atoms with Crippen molar-refractivity contribution in [3.63, 3.8) is 0 Å². The number of aliphatic hydroxyl groups is 2. The second kappa shape index (κ2) is 9.46. The number of rotatable bonds is 8. The van der Waals surface area contributed by atoms with E-state index >= 15 is 0 Å². The molecule has 1 atom stereocenters. The molecule has 0 radical (unpaired) electrons. The summed E-state index contributed by atoms with van der Waals surface area (Å²) in [7, 11) is 1.67. The molecule has 0 aliphatic rings. The number of aliphatic hydroxyl groups excluding tert-OH is 2. The molecule has 16 heavy (non-hydrogen) atoms. The lowest BCUT2D eigenvalue weighted by molar-refractivity contribution is -0.129. The number of nitriles is 1. The highest BCUT2D eigenvalue weighted by Gasteiger charge is 2.08. The van der Waals surface area contributed by atoms with Crippen LogP contribution in [-0.4, -0.2) is 58.8 Å². The first kappa shape index (κ1) is 15.2. The van der Waals surface area contributed by atoms with Gasteiger partial charge in [-0.25, -0.2) is 0 Å². The molecule has 0 aromatic heterocycles. The molecule has 0 heterocycles. The Morgan fingerprint density at radius 2 is 2.31 bits per heavy atom. The molecule has 0 aliphatic carbocycles. The van der Waals surface area contributed by atoms with Crippen molar-refractivity contribution in [2.24, 2.45) is 0 Å². The highest BCUT2D eigenvalue weighted by Crippen LogP contribution is 2.06.